The number of aromatic nitrogens is 4. The molecule has 0 unspecified atom stereocenters. The number of aryl methyl sites for hydroxylation is 1. The molecule has 0 bridgehead atoms. The van der Waals surface area contributed by atoms with Gasteiger partial charge in [0.25, 0.3) is 5.91 Å². The van der Waals surface area contributed by atoms with E-state index in [0.29, 0.717) is 24.5 Å². The average Bonchev–Trinajstić information content (AvgIpc) is 3.35. The van der Waals surface area contributed by atoms with Gasteiger partial charge in [0.2, 0.25) is 4.96 Å². The van der Waals surface area contributed by atoms with Crippen molar-refractivity contribution in [1.82, 2.24) is 34.9 Å². The number of amides is 1. The third kappa shape index (κ3) is 4.18. The van der Waals surface area contributed by atoms with Crippen molar-refractivity contribution in [3.63, 3.8) is 0 Å². The number of hydrogen-bond acceptors (Lipinski definition) is 8. The molecule has 1 saturated heterocycles. The fourth-order valence-electron chi connectivity index (χ4n) is 3.17. The van der Waals surface area contributed by atoms with E-state index in [1.54, 1.807) is 10.6 Å². The highest BCUT2D eigenvalue weighted by atomic mass is 32.1. The molecule has 0 saturated carbocycles. The Kier molecular flexibility index (Phi) is 5.19. The third-order valence-electron chi connectivity index (χ3n) is 4.71. The van der Waals surface area contributed by atoms with Crippen LogP contribution in [-0.2, 0) is 13.1 Å². The van der Waals surface area contributed by atoms with Crippen molar-refractivity contribution in [3.8, 4) is 0 Å². The van der Waals surface area contributed by atoms with E-state index in [4.69, 9.17) is 4.52 Å². The molecule has 0 aromatic carbocycles. The summed E-state index contributed by atoms with van der Waals surface area (Å²) in [6, 6.07) is 1.72. The number of piperazine rings is 1. The number of carbonyl (C=O) groups is 1. The quantitative estimate of drug-likeness (QED) is 0.676. The molecule has 1 aliphatic heterocycles. The van der Waals surface area contributed by atoms with Gasteiger partial charge in [-0.15, -0.1) is 0 Å². The lowest BCUT2D eigenvalue weighted by Gasteiger charge is -2.33. The molecule has 0 spiro atoms. The Morgan fingerprint density at radius 2 is 2.07 bits per heavy atom. The van der Waals surface area contributed by atoms with Gasteiger partial charge in [-0.3, -0.25) is 9.69 Å². The minimum absolute atomic E-state index is 0.263. The predicted octanol–water partition coefficient (Wildman–Crippen LogP) is 1.15. The molecule has 1 aliphatic rings. The van der Waals surface area contributed by atoms with E-state index in [2.05, 4.69) is 37.3 Å². The summed E-state index contributed by atoms with van der Waals surface area (Å²) < 4.78 is 7.08. The van der Waals surface area contributed by atoms with Crippen LogP contribution in [0.1, 0.15) is 33.9 Å². The van der Waals surface area contributed by atoms with E-state index < -0.39 is 0 Å². The predicted molar refractivity (Wildman–Crippen MR) is 101 cm³/mol. The summed E-state index contributed by atoms with van der Waals surface area (Å²) in [5.41, 5.74) is 1.06. The summed E-state index contributed by atoms with van der Waals surface area (Å²) in [6.07, 6.45) is 1.82. The van der Waals surface area contributed by atoms with Crippen LogP contribution in [0.5, 0.6) is 0 Å². The standard InChI is InChI=1S/C17H23N7O2S/c1-3-22-4-6-23(7-5-22)11-14-8-15(21-26-14)16(25)18-9-13-10-24-17(19-13)27-12(2)20-24/h8,10H,3-7,9,11H2,1-2H3,(H,18,25). The van der Waals surface area contributed by atoms with Gasteiger partial charge in [0.1, 0.15) is 5.01 Å². The molecule has 4 rings (SSSR count). The summed E-state index contributed by atoms with van der Waals surface area (Å²) in [5.74, 6) is 0.452. The summed E-state index contributed by atoms with van der Waals surface area (Å²) in [5, 5.41) is 12.0. The smallest absolute Gasteiger partial charge is 0.273 e. The maximum atomic E-state index is 12.3. The van der Waals surface area contributed by atoms with E-state index >= 15 is 0 Å². The van der Waals surface area contributed by atoms with Gasteiger partial charge in [0.15, 0.2) is 11.5 Å². The Bertz CT molecular complexity index is 891. The highest BCUT2D eigenvalue weighted by Crippen LogP contribution is 2.14. The summed E-state index contributed by atoms with van der Waals surface area (Å²) >= 11 is 1.52. The van der Waals surface area contributed by atoms with Crippen LogP contribution < -0.4 is 5.32 Å². The van der Waals surface area contributed by atoms with E-state index in [-0.39, 0.29) is 5.91 Å². The first-order valence-corrected chi connectivity index (χ1v) is 9.92. The molecular formula is C17H23N7O2S. The summed E-state index contributed by atoms with van der Waals surface area (Å²) in [4.78, 5) is 22.3. The average molecular weight is 389 g/mol. The fourth-order valence-corrected chi connectivity index (χ4v) is 3.91. The van der Waals surface area contributed by atoms with Crippen LogP contribution in [0, 0.1) is 6.92 Å². The van der Waals surface area contributed by atoms with Crippen LogP contribution in [-0.4, -0.2) is 68.2 Å². The van der Waals surface area contributed by atoms with Crippen molar-refractivity contribution >= 4 is 22.2 Å². The van der Waals surface area contributed by atoms with Crippen LogP contribution in [0.25, 0.3) is 4.96 Å². The highest BCUT2D eigenvalue weighted by molar-refractivity contribution is 7.16. The number of fused-ring (bicyclic) bond motifs is 1. The molecule has 0 atom stereocenters. The molecule has 0 aliphatic carbocycles. The maximum Gasteiger partial charge on any atom is 0.273 e. The first-order chi connectivity index (χ1) is 13.1. The fraction of sp³-hybridized carbons (Fsp3) is 0.529. The number of nitrogens with one attached hydrogen (secondary N) is 1. The molecule has 144 valence electrons. The van der Waals surface area contributed by atoms with Gasteiger partial charge in [-0.2, -0.15) is 5.10 Å². The lowest BCUT2D eigenvalue weighted by atomic mass is 10.3. The number of imidazole rings is 1. The lowest BCUT2D eigenvalue weighted by Crippen LogP contribution is -2.45. The molecule has 1 amide bonds. The van der Waals surface area contributed by atoms with Gasteiger partial charge >= 0.3 is 0 Å². The molecular weight excluding hydrogens is 366 g/mol. The number of rotatable bonds is 6. The largest absolute Gasteiger partial charge is 0.359 e. The zero-order valence-electron chi connectivity index (χ0n) is 15.5. The van der Waals surface area contributed by atoms with Crippen molar-refractivity contribution in [2.75, 3.05) is 32.7 Å². The zero-order chi connectivity index (χ0) is 18.8. The Labute approximate surface area is 160 Å². The molecule has 4 heterocycles. The summed E-state index contributed by atoms with van der Waals surface area (Å²) in [7, 11) is 0. The van der Waals surface area contributed by atoms with Crippen LogP contribution in [0.15, 0.2) is 16.8 Å². The molecule has 1 fully saturated rings. The van der Waals surface area contributed by atoms with Gasteiger partial charge in [0.05, 0.1) is 25.0 Å². The van der Waals surface area contributed by atoms with Crippen molar-refractivity contribution in [2.45, 2.75) is 26.9 Å². The van der Waals surface area contributed by atoms with Crippen molar-refractivity contribution in [2.24, 2.45) is 0 Å². The number of carbonyl (C=O) groups excluding carboxylic acids is 1. The van der Waals surface area contributed by atoms with Gasteiger partial charge in [-0.05, 0) is 13.5 Å². The van der Waals surface area contributed by atoms with Crippen LogP contribution in [0.2, 0.25) is 0 Å². The molecule has 9 nitrogen and oxygen atoms in total. The third-order valence-corrected chi connectivity index (χ3v) is 5.55. The minimum Gasteiger partial charge on any atom is -0.359 e. The Morgan fingerprint density at radius 3 is 2.81 bits per heavy atom. The van der Waals surface area contributed by atoms with Gasteiger partial charge in [0, 0.05) is 32.2 Å². The van der Waals surface area contributed by atoms with E-state index in [1.165, 1.54) is 11.3 Å². The second kappa shape index (κ2) is 7.75. The van der Waals surface area contributed by atoms with Crippen molar-refractivity contribution in [1.29, 1.82) is 0 Å². The van der Waals surface area contributed by atoms with Crippen LogP contribution in [0.4, 0.5) is 0 Å². The van der Waals surface area contributed by atoms with Gasteiger partial charge in [-0.1, -0.05) is 23.4 Å². The van der Waals surface area contributed by atoms with Gasteiger partial charge in [-0.25, -0.2) is 9.50 Å². The van der Waals surface area contributed by atoms with Gasteiger partial charge < -0.3 is 14.7 Å². The van der Waals surface area contributed by atoms with Crippen LogP contribution >= 0.6 is 11.3 Å². The zero-order valence-corrected chi connectivity index (χ0v) is 16.3. The molecule has 3 aromatic rings. The number of hydrogen-bond donors (Lipinski definition) is 1. The number of nitrogens with zero attached hydrogens (tertiary/aromatic N) is 6. The number of likely N-dealkylation sites (N-methyl/N-ethyl adjacent to an activating group) is 1. The highest BCUT2D eigenvalue weighted by Gasteiger charge is 2.19. The minimum atomic E-state index is -0.263. The normalized spacial score (nSPS) is 16.2. The Morgan fingerprint density at radius 1 is 1.30 bits per heavy atom. The first-order valence-electron chi connectivity index (χ1n) is 9.11. The topological polar surface area (TPSA) is 91.8 Å². The van der Waals surface area contributed by atoms with E-state index in [9.17, 15) is 4.79 Å². The molecule has 27 heavy (non-hydrogen) atoms. The SMILES string of the molecule is CCN1CCN(Cc2cc(C(=O)NCc3cn4nc(C)sc4n3)no2)CC1. The molecule has 3 aromatic heterocycles. The molecule has 1 N–H and O–H groups in total. The Balaban J connectivity index is 1.29. The second-order valence-corrected chi connectivity index (χ2v) is 7.81. The maximum absolute atomic E-state index is 12.3. The van der Waals surface area contributed by atoms with Crippen molar-refractivity contribution < 1.29 is 9.32 Å². The second-order valence-electron chi connectivity index (χ2n) is 6.65. The monoisotopic (exact) mass is 389 g/mol. The van der Waals surface area contributed by atoms with Crippen molar-refractivity contribution in [3.05, 3.63) is 34.4 Å². The molecule has 10 heteroatoms. The molecule has 0 radical (unpaired) electrons. The van der Waals surface area contributed by atoms with E-state index in [1.807, 2.05) is 13.1 Å². The summed E-state index contributed by atoms with van der Waals surface area (Å²) in [6.45, 7) is 10.3. The Hall–Kier alpha value is -2.30. The lowest BCUT2D eigenvalue weighted by molar-refractivity contribution is 0.0940. The first kappa shape index (κ1) is 18.1. The van der Waals surface area contributed by atoms with E-state index in [0.717, 1.165) is 48.4 Å². The van der Waals surface area contributed by atoms with Crippen LogP contribution in [0.3, 0.4) is 0 Å².